The van der Waals surface area contributed by atoms with Crippen LogP contribution in [0.2, 0.25) is 0 Å². The van der Waals surface area contributed by atoms with Gasteiger partial charge >= 0.3 is 69.2 Å². The molecule has 0 N–H and O–H groups in total. The van der Waals surface area contributed by atoms with E-state index in [0.717, 1.165) is 0 Å². The van der Waals surface area contributed by atoms with Crippen LogP contribution in [0.4, 0.5) is 105 Å². The molecule has 0 unspecified atom stereocenters. The number of halogens is 24. The molecule has 0 rings (SSSR count). The summed E-state index contributed by atoms with van der Waals surface area (Å²) in [7, 11) is -11.2. The van der Waals surface area contributed by atoms with Crippen LogP contribution in [-0.2, 0) is 13.3 Å². The molecule has 0 spiro atoms. The van der Waals surface area contributed by atoms with E-state index in [-0.39, 0.29) is 0 Å². The lowest BCUT2D eigenvalue weighted by atomic mass is 10.1. The fourth-order valence-corrected chi connectivity index (χ4v) is 4.24. The van der Waals surface area contributed by atoms with Crippen molar-refractivity contribution in [2.24, 2.45) is 0 Å². The van der Waals surface area contributed by atoms with Gasteiger partial charge in [0.05, 0.1) is 0 Å². The molecule has 0 saturated carbocycles. The average molecular weight is 652 g/mol. The molecule has 0 bridgehead atoms. The van der Waals surface area contributed by atoms with Gasteiger partial charge in [0.2, 0.25) is 0 Å². The molecule has 0 fully saturated rings. The highest BCUT2D eigenvalue weighted by molar-refractivity contribution is 6.64. The number of rotatable bonds is 8. The van der Waals surface area contributed by atoms with Crippen molar-refractivity contribution in [3.8, 4) is 0 Å². The van der Waals surface area contributed by atoms with E-state index in [0.29, 0.717) is 0 Å². The molecule has 0 heterocycles. The first-order valence-electron chi connectivity index (χ1n) is 7.51. The van der Waals surface area contributed by atoms with E-state index in [1.165, 1.54) is 13.3 Å². The van der Waals surface area contributed by atoms with E-state index in [1.807, 2.05) is 0 Å². The molecule has 0 radical (unpaired) electrons. The molecular formula is C10F24O3Si. The second-order valence-corrected chi connectivity index (χ2v) is 8.49. The van der Waals surface area contributed by atoms with E-state index in [1.54, 1.807) is 0 Å². The van der Waals surface area contributed by atoms with Gasteiger partial charge in [-0.05, 0) is 0 Å². The van der Waals surface area contributed by atoms with E-state index in [4.69, 9.17) is 0 Å². The summed E-state index contributed by atoms with van der Waals surface area (Å²) in [5, 5.41) is 0. The van der Waals surface area contributed by atoms with Crippen LogP contribution in [0.1, 0.15) is 0 Å². The predicted molar refractivity (Wildman–Crippen MR) is 62.9 cm³/mol. The summed E-state index contributed by atoms with van der Waals surface area (Å²) in [5.41, 5.74) is -18.5. The molecule has 0 aromatic heterocycles. The molecular weight excluding hydrogens is 652 g/mol. The molecule has 0 aliphatic rings. The SMILES string of the molecule is FC(F)(F)C(F)(F)O[Si](OC(F)(F)C(F)(F)F)(OC(F)(F)C(F)(F)F)C(F)(F)C(F)(C(F)(F)F)C(F)(F)F. The first-order chi connectivity index (χ1) is 15.9. The van der Waals surface area contributed by atoms with Crippen molar-refractivity contribution in [2.45, 2.75) is 60.4 Å². The maximum absolute atomic E-state index is 14.3. The highest BCUT2D eigenvalue weighted by atomic mass is 28.4. The molecule has 38 heavy (non-hydrogen) atoms. The lowest BCUT2D eigenvalue weighted by molar-refractivity contribution is -0.443. The third-order valence-corrected chi connectivity index (χ3v) is 6.06. The normalized spacial score (nSPS) is 16.7. The highest BCUT2D eigenvalue weighted by Gasteiger charge is 2.96. The minimum Gasteiger partial charge on any atom is -0.302 e. The quantitative estimate of drug-likeness (QED) is 0.202. The van der Waals surface area contributed by atoms with Crippen LogP contribution in [0.15, 0.2) is 0 Å². The average Bonchev–Trinajstić information content (AvgIpc) is 2.54. The zero-order valence-corrected chi connectivity index (χ0v) is 16.8. The van der Waals surface area contributed by atoms with Crippen molar-refractivity contribution in [2.75, 3.05) is 0 Å². The van der Waals surface area contributed by atoms with Crippen molar-refractivity contribution in [1.82, 2.24) is 0 Å². The van der Waals surface area contributed by atoms with Gasteiger partial charge in [0, 0.05) is 0 Å². The van der Waals surface area contributed by atoms with E-state index in [9.17, 15) is 105 Å². The molecule has 3 nitrogen and oxygen atoms in total. The van der Waals surface area contributed by atoms with Crippen molar-refractivity contribution >= 4 is 8.80 Å². The van der Waals surface area contributed by atoms with E-state index in [2.05, 4.69) is 0 Å². The van der Waals surface area contributed by atoms with Crippen LogP contribution in [0.3, 0.4) is 0 Å². The highest BCUT2D eigenvalue weighted by Crippen LogP contribution is 2.61. The smallest absolute Gasteiger partial charge is 0.302 e. The fraction of sp³-hybridized carbons (Fsp3) is 1.00. The second-order valence-electron chi connectivity index (χ2n) is 6.13. The molecule has 0 aromatic carbocycles. The summed E-state index contributed by atoms with van der Waals surface area (Å²) >= 11 is 0. The third kappa shape index (κ3) is 6.09. The maximum atomic E-state index is 14.3. The van der Waals surface area contributed by atoms with Gasteiger partial charge in [0.25, 0.3) is 0 Å². The Morgan fingerprint density at radius 1 is 0.289 bits per heavy atom. The van der Waals surface area contributed by atoms with Crippen molar-refractivity contribution in [1.29, 1.82) is 0 Å². The van der Waals surface area contributed by atoms with Crippen molar-refractivity contribution in [3.63, 3.8) is 0 Å². The van der Waals surface area contributed by atoms with Gasteiger partial charge in [-0.15, -0.1) is 0 Å². The minimum atomic E-state index is -11.2. The first-order valence-corrected chi connectivity index (χ1v) is 9.24. The molecule has 28 heteroatoms. The second kappa shape index (κ2) is 9.23. The summed E-state index contributed by atoms with van der Waals surface area (Å²) in [6.45, 7) is 0. The Morgan fingerprint density at radius 2 is 0.474 bits per heavy atom. The molecule has 0 amide bonds. The summed E-state index contributed by atoms with van der Waals surface area (Å²) in [4.78, 5) is 0. The van der Waals surface area contributed by atoms with Crippen molar-refractivity contribution in [3.05, 3.63) is 0 Å². The molecule has 0 saturated heterocycles. The molecule has 0 atom stereocenters. The number of hydrogen-bond acceptors (Lipinski definition) is 3. The van der Waals surface area contributed by atoms with Gasteiger partial charge in [0.1, 0.15) is 0 Å². The predicted octanol–water partition coefficient (Wildman–Crippen LogP) is 7.45. The zero-order chi connectivity index (χ0) is 31.6. The molecule has 0 aromatic rings. The fourth-order valence-electron chi connectivity index (χ4n) is 1.66. The van der Waals surface area contributed by atoms with Gasteiger partial charge in [-0.3, -0.25) is 0 Å². The Bertz CT molecular complexity index is 744. The summed E-state index contributed by atoms with van der Waals surface area (Å²) in [6.07, 6.45) is -66.3. The Hall–Kier alpha value is -1.58. The monoisotopic (exact) mass is 652 g/mol. The Balaban J connectivity index is 8.20. The third-order valence-electron chi connectivity index (χ3n) is 3.38. The summed E-state index contributed by atoms with van der Waals surface area (Å²) in [6, 6.07) is 0. The number of hydrogen-bond donors (Lipinski definition) is 0. The van der Waals surface area contributed by atoms with Crippen LogP contribution in [0.5, 0.6) is 0 Å². The molecule has 0 aliphatic carbocycles. The van der Waals surface area contributed by atoms with Gasteiger partial charge in [-0.25, -0.2) is 4.39 Å². The van der Waals surface area contributed by atoms with Crippen LogP contribution < -0.4 is 0 Å². The molecule has 230 valence electrons. The summed E-state index contributed by atoms with van der Waals surface area (Å²) < 4.78 is 312. The molecule has 0 aliphatic heterocycles. The standard InChI is InChI=1S/C10F24O3Si/c11-1(2(12,13)14,3(15,16)17)10(33,34)38(35-7(27,28)4(18,19)20,36-8(29,30)5(21,22)23)37-9(31,32)6(24,25)26. The van der Waals surface area contributed by atoms with Gasteiger partial charge in [-0.1, -0.05) is 0 Å². The summed E-state index contributed by atoms with van der Waals surface area (Å²) in [5.74, 6) is 0. The van der Waals surface area contributed by atoms with Crippen LogP contribution >= 0.6 is 0 Å². The van der Waals surface area contributed by atoms with Crippen LogP contribution in [0.25, 0.3) is 0 Å². The topological polar surface area (TPSA) is 27.7 Å². The Labute approximate surface area is 189 Å². The van der Waals surface area contributed by atoms with Crippen LogP contribution in [0, 0.1) is 0 Å². The van der Waals surface area contributed by atoms with E-state index < -0.39 is 69.2 Å². The minimum absolute atomic E-state index is 1.24. The largest absolute Gasteiger partial charge is 0.592 e. The van der Waals surface area contributed by atoms with Gasteiger partial charge < -0.3 is 13.3 Å². The first kappa shape index (κ1) is 36.4. The van der Waals surface area contributed by atoms with Gasteiger partial charge in [-0.2, -0.15) is 101 Å². The maximum Gasteiger partial charge on any atom is 0.592 e. The van der Waals surface area contributed by atoms with E-state index >= 15 is 0 Å². The lowest BCUT2D eigenvalue weighted by Gasteiger charge is -2.45. The Morgan fingerprint density at radius 3 is 0.605 bits per heavy atom. The van der Waals surface area contributed by atoms with Gasteiger partial charge in [0.15, 0.2) is 0 Å². The number of alkyl halides is 24. The zero-order valence-electron chi connectivity index (χ0n) is 15.8. The lowest BCUT2D eigenvalue weighted by Crippen LogP contribution is -2.80. The van der Waals surface area contributed by atoms with Crippen LogP contribution in [-0.4, -0.2) is 69.2 Å². The Kier molecular flexibility index (Phi) is 8.85. The van der Waals surface area contributed by atoms with Crippen molar-refractivity contribution < 1.29 is 119 Å².